The van der Waals surface area contributed by atoms with Gasteiger partial charge in [0.15, 0.2) is 0 Å². The van der Waals surface area contributed by atoms with E-state index in [2.05, 4.69) is 23.3 Å². The normalized spacial score (nSPS) is 18.9. The monoisotopic (exact) mass is 272 g/mol. The number of amides is 1. The molecule has 1 aliphatic rings. The largest absolute Gasteiger partial charge is 0.340 e. The van der Waals surface area contributed by atoms with Gasteiger partial charge >= 0.3 is 0 Å². The van der Waals surface area contributed by atoms with Gasteiger partial charge in [0.25, 0.3) is 0 Å². The predicted octanol–water partition coefficient (Wildman–Crippen LogP) is 1.75. The van der Waals surface area contributed by atoms with Crippen LogP contribution in [0.3, 0.4) is 0 Å². The lowest BCUT2D eigenvalue weighted by Crippen LogP contribution is -2.37. The van der Waals surface area contributed by atoms with Crippen molar-refractivity contribution in [3.8, 4) is 0 Å². The maximum Gasteiger partial charge on any atom is 0.237 e. The minimum Gasteiger partial charge on any atom is -0.340 e. The van der Waals surface area contributed by atoms with Crippen molar-refractivity contribution in [3.63, 3.8) is 0 Å². The van der Waals surface area contributed by atoms with E-state index in [1.165, 1.54) is 0 Å². The second kappa shape index (κ2) is 5.25. The molecule has 5 nitrogen and oxygen atoms in total. The van der Waals surface area contributed by atoms with E-state index < -0.39 is 0 Å². The molecule has 0 aliphatic carbocycles. The molecular weight excluding hydrogens is 252 g/mol. The molecule has 1 unspecified atom stereocenters. The highest BCUT2D eigenvalue weighted by Gasteiger charge is 2.31. The number of nitrogens with zero attached hydrogens (tertiary/aromatic N) is 2. The van der Waals surface area contributed by atoms with E-state index in [0.717, 1.165) is 41.8 Å². The number of likely N-dealkylation sites (tertiary alicyclic amines) is 1. The second-order valence-corrected chi connectivity index (χ2v) is 5.37. The van der Waals surface area contributed by atoms with Crippen LogP contribution in [-0.2, 0) is 4.79 Å². The van der Waals surface area contributed by atoms with E-state index in [-0.39, 0.29) is 11.9 Å². The molecule has 0 saturated carbocycles. The van der Waals surface area contributed by atoms with Crippen molar-refractivity contribution in [1.82, 2.24) is 20.2 Å². The minimum atomic E-state index is 0.0858. The number of aromatic nitrogens is 2. The molecule has 2 heterocycles. The predicted molar refractivity (Wildman–Crippen MR) is 78.4 cm³/mol. The molecule has 0 spiro atoms. The highest BCUT2D eigenvalue weighted by molar-refractivity contribution is 5.80. The summed E-state index contributed by atoms with van der Waals surface area (Å²) in [6.07, 6.45) is 2.02. The SMILES string of the molecule is CNCC(=O)N1CCCC1c1nc2c(C)cccc2[nH]1. The van der Waals surface area contributed by atoms with E-state index >= 15 is 0 Å². The molecule has 1 amide bonds. The summed E-state index contributed by atoms with van der Waals surface area (Å²) in [6, 6.07) is 6.21. The van der Waals surface area contributed by atoms with Crippen LogP contribution in [-0.4, -0.2) is 40.9 Å². The van der Waals surface area contributed by atoms with E-state index in [1.807, 2.05) is 17.0 Å². The lowest BCUT2D eigenvalue weighted by molar-refractivity contribution is -0.131. The molecule has 3 rings (SSSR count). The Morgan fingerprint density at radius 3 is 3.15 bits per heavy atom. The van der Waals surface area contributed by atoms with Gasteiger partial charge < -0.3 is 15.2 Å². The number of hydrogen-bond donors (Lipinski definition) is 2. The highest BCUT2D eigenvalue weighted by Crippen LogP contribution is 2.31. The van der Waals surface area contributed by atoms with Crippen LogP contribution in [0.25, 0.3) is 11.0 Å². The highest BCUT2D eigenvalue weighted by atomic mass is 16.2. The van der Waals surface area contributed by atoms with Gasteiger partial charge in [0.2, 0.25) is 5.91 Å². The zero-order valence-corrected chi connectivity index (χ0v) is 11.9. The van der Waals surface area contributed by atoms with Crippen molar-refractivity contribution >= 4 is 16.9 Å². The molecule has 1 aromatic carbocycles. The summed E-state index contributed by atoms with van der Waals surface area (Å²) in [5.41, 5.74) is 3.22. The summed E-state index contributed by atoms with van der Waals surface area (Å²) in [5.74, 6) is 1.06. The van der Waals surface area contributed by atoms with Crippen LogP contribution in [0.15, 0.2) is 18.2 Å². The number of nitrogens with one attached hydrogen (secondary N) is 2. The van der Waals surface area contributed by atoms with Gasteiger partial charge in [-0.3, -0.25) is 4.79 Å². The summed E-state index contributed by atoms with van der Waals surface area (Å²) in [4.78, 5) is 22.2. The molecule has 0 radical (unpaired) electrons. The number of aromatic amines is 1. The number of rotatable bonds is 3. The lowest BCUT2D eigenvalue weighted by atomic mass is 10.2. The van der Waals surface area contributed by atoms with Gasteiger partial charge in [-0.05, 0) is 38.4 Å². The molecule has 106 valence electrons. The van der Waals surface area contributed by atoms with Gasteiger partial charge in [-0.15, -0.1) is 0 Å². The Balaban J connectivity index is 1.93. The van der Waals surface area contributed by atoms with Gasteiger partial charge in [-0.25, -0.2) is 4.98 Å². The van der Waals surface area contributed by atoms with E-state index in [0.29, 0.717) is 6.54 Å². The molecule has 1 fully saturated rings. The number of H-pyrrole nitrogens is 1. The maximum absolute atomic E-state index is 12.1. The van der Waals surface area contributed by atoms with Crippen LogP contribution in [0, 0.1) is 6.92 Å². The maximum atomic E-state index is 12.1. The lowest BCUT2D eigenvalue weighted by Gasteiger charge is -2.23. The fraction of sp³-hybridized carbons (Fsp3) is 0.467. The van der Waals surface area contributed by atoms with Gasteiger partial charge in [0.05, 0.1) is 23.6 Å². The van der Waals surface area contributed by atoms with Crippen molar-refractivity contribution in [2.24, 2.45) is 0 Å². The van der Waals surface area contributed by atoms with Gasteiger partial charge in [0, 0.05) is 6.54 Å². The fourth-order valence-corrected chi connectivity index (χ4v) is 2.95. The Kier molecular flexibility index (Phi) is 3.44. The van der Waals surface area contributed by atoms with Gasteiger partial charge in [-0.2, -0.15) is 0 Å². The molecule has 0 bridgehead atoms. The van der Waals surface area contributed by atoms with Crippen LogP contribution < -0.4 is 5.32 Å². The van der Waals surface area contributed by atoms with Crippen molar-refractivity contribution in [2.45, 2.75) is 25.8 Å². The van der Waals surface area contributed by atoms with E-state index in [1.54, 1.807) is 7.05 Å². The first-order valence-electron chi connectivity index (χ1n) is 7.10. The summed E-state index contributed by atoms with van der Waals surface area (Å²) < 4.78 is 0. The molecule has 20 heavy (non-hydrogen) atoms. The Morgan fingerprint density at radius 1 is 1.55 bits per heavy atom. The van der Waals surface area contributed by atoms with Crippen LogP contribution in [0.4, 0.5) is 0 Å². The van der Waals surface area contributed by atoms with Crippen LogP contribution >= 0.6 is 0 Å². The van der Waals surface area contributed by atoms with E-state index in [4.69, 9.17) is 4.98 Å². The van der Waals surface area contributed by atoms with Crippen molar-refractivity contribution in [2.75, 3.05) is 20.1 Å². The zero-order chi connectivity index (χ0) is 14.1. The van der Waals surface area contributed by atoms with Crippen molar-refractivity contribution < 1.29 is 4.79 Å². The summed E-state index contributed by atoms with van der Waals surface area (Å²) in [7, 11) is 1.80. The zero-order valence-electron chi connectivity index (χ0n) is 11.9. The third-order valence-corrected chi connectivity index (χ3v) is 3.95. The second-order valence-electron chi connectivity index (χ2n) is 5.37. The minimum absolute atomic E-state index is 0.0858. The third-order valence-electron chi connectivity index (χ3n) is 3.95. The summed E-state index contributed by atoms with van der Waals surface area (Å²) in [6.45, 7) is 3.27. The number of carbonyl (C=O) groups excluding carboxylic acids is 1. The number of aryl methyl sites for hydroxylation is 1. The third kappa shape index (κ3) is 2.18. The molecule has 2 N–H and O–H groups in total. The quantitative estimate of drug-likeness (QED) is 0.895. The average Bonchev–Trinajstić information content (AvgIpc) is 3.05. The molecule has 1 atom stereocenters. The standard InChI is InChI=1S/C15H20N4O/c1-10-5-3-6-11-14(10)18-15(17-11)12-7-4-8-19(12)13(20)9-16-2/h3,5-6,12,16H,4,7-9H2,1-2H3,(H,17,18). The molecule has 5 heteroatoms. The first kappa shape index (κ1) is 13.1. The Morgan fingerprint density at radius 2 is 2.40 bits per heavy atom. The smallest absolute Gasteiger partial charge is 0.237 e. The van der Waals surface area contributed by atoms with Gasteiger partial charge in [0.1, 0.15) is 5.82 Å². The fourth-order valence-electron chi connectivity index (χ4n) is 2.95. The molecular formula is C15H20N4O. The van der Waals surface area contributed by atoms with Crippen molar-refractivity contribution in [3.05, 3.63) is 29.6 Å². The first-order valence-corrected chi connectivity index (χ1v) is 7.10. The number of imidazole rings is 1. The molecule has 2 aromatic rings. The van der Waals surface area contributed by atoms with Crippen molar-refractivity contribution in [1.29, 1.82) is 0 Å². The van der Waals surface area contributed by atoms with Crippen LogP contribution in [0.1, 0.15) is 30.3 Å². The molecule has 1 saturated heterocycles. The number of benzene rings is 1. The Hall–Kier alpha value is -1.88. The number of hydrogen-bond acceptors (Lipinski definition) is 3. The average molecular weight is 272 g/mol. The molecule has 1 aromatic heterocycles. The number of fused-ring (bicyclic) bond motifs is 1. The number of para-hydroxylation sites is 1. The first-order chi connectivity index (χ1) is 9.70. The van der Waals surface area contributed by atoms with E-state index in [9.17, 15) is 4.79 Å². The summed E-state index contributed by atoms with van der Waals surface area (Å²) >= 11 is 0. The Bertz CT molecular complexity index is 634. The summed E-state index contributed by atoms with van der Waals surface area (Å²) in [5, 5.41) is 2.93. The van der Waals surface area contributed by atoms with Crippen LogP contribution in [0.5, 0.6) is 0 Å². The van der Waals surface area contributed by atoms with Gasteiger partial charge in [-0.1, -0.05) is 12.1 Å². The number of carbonyl (C=O) groups is 1. The van der Waals surface area contributed by atoms with Crippen LogP contribution in [0.2, 0.25) is 0 Å². The topological polar surface area (TPSA) is 61.0 Å². The molecule has 1 aliphatic heterocycles. The number of likely N-dealkylation sites (N-methyl/N-ethyl adjacent to an activating group) is 1. The Labute approximate surface area is 118 Å².